The summed E-state index contributed by atoms with van der Waals surface area (Å²) in [5.74, 6) is -3.56. The maximum absolute atomic E-state index is 11.9. The third-order valence-corrected chi connectivity index (χ3v) is 3.29. The average molecular weight is 323 g/mol. The molecule has 1 aromatic rings. The average Bonchev–Trinajstić information content (AvgIpc) is 2.80. The molecule has 8 heteroatoms. The van der Waals surface area contributed by atoms with E-state index in [4.69, 9.17) is 9.84 Å². The van der Waals surface area contributed by atoms with Crippen LogP contribution in [0.1, 0.15) is 10.4 Å². The first-order valence-corrected chi connectivity index (χ1v) is 6.77. The monoisotopic (exact) mass is 323 g/mol. The second-order valence-electron chi connectivity index (χ2n) is 5.17. The van der Waals surface area contributed by atoms with Gasteiger partial charge < -0.3 is 29.7 Å². The van der Waals surface area contributed by atoms with Crippen molar-refractivity contribution in [2.75, 3.05) is 25.6 Å². The molecular weight excluding hydrogens is 306 g/mol. The predicted octanol–water partition coefficient (Wildman–Crippen LogP) is 0.523. The summed E-state index contributed by atoms with van der Waals surface area (Å²) in [7, 11) is 3.73. The fourth-order valence-electron chi connectivity index (χ4n) is 1.95. The van der Waals surface area contributed by atoms with Gasteiger partial charge in [-0.2, -0.15) is 0 Å². The van der Waals surface area contributed by atoms with Gasteiger partial charge in [-0.1, -0.05) is 0 Å². The van der Waals surface area contributed by atoms with E-state index in [0.717, 1.165) is 5.69 Å². The first kappa shape index (κ1) is 16.6. The summed E-state index contributed by atoms with van der Waals surface area (Å²) in [4.78, 5) is 24.8. The van der Waals surface area contributed by atoms with Gasteiger partial charge in [-0.3, -0.25) is 0 Å². The Kier molecular flexibility index (Phi) is 4.75. The van der Waals surface area contributed by atoms with Gasteiger partial charge in [0, 0.05) is 19.8 Å². The molecule has 0 saturated carbocycles. The minimum atomic E-state index is -1.49. The van der Waals surface area contributed by atoms with Gasteiger partial charge in [0.25, 0.3) is 0 Å². The Hall–Kier alpha value is -2.74. The maximum Gasteiger partial charge on any atom is 0.377 e. The number of anilines is 1. The lowest BCUT2D eigenvalue weighted by Gasteiger charge is -2.17. The Labute approximate surface area is 132 Å². The molecule has 0 unspecified atom stereocenters. The number of hydrogen-bond donors (Lipinski definition) is 3. The van der Waals surface area contributed by atoms with Gasteiger partial charge in [-0.15, -0.1) is 0 Å². The maximum atomic E-state index is 11.9. The van der Waals surface area contributed by atoms with Crippen LogP contribution in [0, 0.1) is 0 Å². The predicted molar refractivity (Wildman–Crippen MR) is 79.2 cm³/mol. The van der Waals surface area contributed by atoms with Crippen LogP contribution in [0.15, 0.2) is 35.8 Å². The molecule has 124 valence electrons. The number of cyclic esters (lactones) is 1. The van der Waals surface area contributed by atoms with E-state index in [9.17, 15) is 19.8 Å². The highest BCUT2D eigenvalue weighted by Crippen LogP contribution is 2.22. The Morgan fingerprint density at radius 1 is 1.30 bits per heavy atom. The van der Waals surface area contributed by atoms with Crippen LogP contribution in [0.4, 0.5) is 5.69 Å². The van der Waals surface area contributed by atoms with Crippen LogP contribution in [0.3, 0.4) is 0 Å². The molecule has 0 aliphatic carbocycles. The first-order chi connectivity index (χ1) is 10.8. The molecule has 8 nitrogen and oxygen atoms in total. The van der Waals surface area contributed by atoms with Crippen LogP contribution in [-0.2, 0) is 14.3 Å². The van der Waals surface area contributed by atoms with Crippen molar-refractivity contribution in [3.63, 3.8) is 0 Å². The molecule has 0 aromatic heterocycles. The van der Waals surface area contributed by atoms with E-state index in [0.29, 0.717) is 0 Å². The summed E-state index contributed by atoms with van der Waals surface area (Å²) in [6, 6.07) is 6.61. The second-order valence-corrected chi connectivity index (χ2v) is 5.17. The zero-order valence-electron chi connectivity index (χ0n) is 12.6. The molecule has 2 rings (SSSR count). The van der Waals surface area contributed by atoms with Crippen molar-refractivity contribution < 1.29 is 34.4 Å². The standard InChI is InChI=1S/C15H17NO7/c1-16(2)9-5-3-8(4-6-9)14(20)22-7-10(17)13-11(18)12(19)15(21)23-13/h3-6,10,13,17-19H,7H2,1-2H3/t10-,13+/m0/s1. The number of hydrogen-bond acceptors (Lipinski definition) is 8. The van der Waals surface area contributed by atoms with Crippen LogP contribution in [0.25, 0.3) is 0 Å². The normalized spacial score (nSPS) is 18.6. The third-order valence-electron chi connectivity index (χ3n) is 3.29. The highest BCUT2D eigenvalue weighted by molar-refractivity contribution is 5.90. The first-order valence-electron chi connectivity index (χ1n) is 6.77. The molecule has 1 heterocycles. The highest BCUT2D eigenvalue weighted by Gasteiger charge is 2.39. The Bertz CT molecular complexity index is 636. The summed E-state index contributed by atoms with van der Waals surface area (Å²) in [5, 5.41) is 28.4. The van der Waals surface area contributed by atoms with E-state index in [-0.39, 0.29) is 5.56 Å². The zero-order chi connectivity index (χ0) is 17.1. The minimum Gasteiger partial charge on any atom is -0.505 e. The summed E-state index contributed by atoms with van der Waals surface area (Å²) >= 11 is 0. The number of nitrogens with zero attached hydrogens (tertiary/aromatic N) is 1. The molecule has 0 saturated heterocycles. The molecule has 0 spiro atoms. The zero-order valence-corrected chi connectivity index (χ0v) is 12.6. The van der Waals surface area contributed by atoms with Crippen LogP contribution in [-0.4, -0.2) is 60.2 Å². The lowest BCUT2D eigenvalue weighted by atomic mass is 10.2. The molecule has 2 atom stereocenters. The van der Waals surface area contributed by atoms with Crippen molar-refractivity contribution >= 4 is 17.6 Å². The van der Waals surface area contributed by atoms with Gasteiger partial charge in [-0.05, 0) is 24.3 Å². The number of rotatable bonds is 5. The molecular formula is C15H17NO7. The van der Waals surface area contributed by atoms with E-state index in [2.05, 4.69) is 4.74 Å². The van der Waals surface area contributed by atoms with Gasteiger partial charge in [0.2, 0.25) is 5.76 Å². The molecule has 0 amide bonds. The van der Waals surface area contributed by atoms with E-state index in [1.54, 1.807) is 24.3 Å². The number of aliphatic hydroxyl groups excluding tert-OH is 3. The topological polar surface area (TPSA) is 117 Å². The van der Waals surface area contributed by atoms with E-state index >= 15 is 0 Å². The number of esters is 2. The van der Waals surface area contributed by atoms with E-state index in [1.807, 2.05) is 19.0 Å². The molecule has 1 aliphatic rings. The van der Waals surface area contributed by atoms with Gasteiger partial charge in [-0.25, -0.2) is 9.59 Å². The van der Waals surface area contributed by atoms with E-state index in [1.165, 1.54) is 0 Å². The fourth-order valence-corrected chi connectivity index (χ4v) is 1.95. The van der Waals surface area contributed by atoms with Crippen LogP contribution in [0.2, 0.25) is 0 Å². The van der Waals surface area contributed by atoms with Crippen LogP contribution in [0.5, 0.6) is 0 Å². The van der Waals surface area contributed by atoms with Crippen molar-refractivity contribution in [1.82, 2.24) is 0 Å². The molecule has 0 radical (unpaired) electrons. The summed E-state index contributed by atoms with van der Waals surface area (Å²) in [5.41, 5.74) is 1.19. The van der Waals surface area contributed by atoms with Crippen molar-refractivity contribution in [2.24, 2.45) is 0 Å². The molecule has 23 heavy (non-hydrogen) atoms. The van der Waals surface area contributed by atoms with Crippen LogP contribution >= 0.6 is 0 Å². The van der Waals surface area contributed by atoms with Gasteiger partial charge in [0.05, 0.1) is 5.56 Å². The molecule has 1 aliphatic heterocycles. The second kappa shape index (κ2) is 6.57. The quantitative estimate of drug-likeness (QED) is 0.672. The number of carbonyl (C=O) groups is 2. The summed E-state index contributed by atoms with van der Waals surface area (Å²) in [6.07, 6.45) is -2.94. The fraction of sp³-hybridized carbons (Fsp3) is 0.333. The Morgan fingerprint density at radius 2 is 1.91 bits per heavy atom. The minimum absolute atomic E-state index is 0.286. The smallest absolute Gasteiger partial charge is 0.377 e. The van der Waals surface area contributed by atoms with E-state index < -0.39 is 42.3 Å². The lowest BCUT2D eigenvalue weighted by molar-refractivity contribution is -0.147. The number of aliphatic hydroxyl groups is 3. The number of benzene rings is 1. The van der Waals surface area contributed by atoms with Gasteiger partial charge in [0.15, 0.2) is 11.9 Å². The highest BCUT2D eigenvalue weighted by atomic mass is 16.6. The van der Waals surface area contributed by atoms with Crippen molar-refractivity contribution in [1.29, 1.82) is 0 Å². The number of carbonyl (C=O) groups excluding carboxylic acids is 2. The van der Waals surface area contributed by atoms with Crippen molar-refractivity contribution in [3.8, 4) is 0 Å². The molecule has 0 bridgehead atoms. The number of ether oxygens (including phenoxy) is 2. The Morgan fingerprint density at radius 3 is 2.39 bits per heavy atom. The van der Waals surface area contributed by atoms with Gasteiger partial charge in [0.1, 0.15) is 12.7 Å². The lowest BCUT2D eigenvalue weighted by Crippen LogP contribution is -2.33. The Balaban J connectivity index is 1.93. The molecule has 1 aromatic carbocycles. The SMILES string of the molecule is CN(C)c1ccc(C(=O)OC[C@H](O)[C@H]2OC(=O)C(O)=C2O)cc1. The summed E-state index contributed by atoms with van der Waals surface area (Å²) < 4.78 is 9.48. The molecule has 0 fully saturated rings. The third kappa shape index (κ3) is 3.54. The largest absolute Gasteiger partial charge is 0.505 e. The molecule has 3 N–H and O–H groups in total. The van der Waals surface area contributed by atoms with Crippen molar-refractivity contribution in [3.05, 3.63) is 41.3 Å². The van der Waals surface area contributed by atoms with Gasteiger partial charge >= 0.3 is 11.9 Å². The summed E-state index contributed by atoms with van der Waals surface area (Å²) in [6.45, 7) is -0.510. The van der Waals surface area contributed by atoms with Crippen molar-refractivity contribution in [2.45, 2.75) is 12.2 Å². The van der Waals surface area contributed by atoms with Crippen LogP contribution < -0.4 is 4.90 Å².